The lowest BCUT2D eigenvalue weighted by Crippen LogP contribution is -2.12. The summed E-state index contributed by atoms with van der Waals surface area (Å²) in [5.74, 6) is -0.263. The number of alkyl halides is 3. The number of H-pyrrole nitrogens is 1. The molecule has 4 rings (SSSR count). The Balaban J connectivity index is 1.58. The zero-order chi connectivity index (χ0) is 17.6. The van der Waals surface area contributed by atoms with E-state index in [1.165, 1.54) is 23.3 Å². The first-order valence-corrected chi connectivity index (χ1v) is 8.03. The third kappa shape index (κ3) is 2.99. The van der Waals surface area contributed by atoms with E-state index in [2.05, 4.69) is 10.3 Å². The number of aromatic amines is 1. The Morgan fingerprint density at radius 2 is 1.80 bits per heavy atom. The van der Waals surface area contributed by atoms with Crippen LogP contribution in [-0.2, 0) is 19.0 Å². The van der Waals surface area contributed by atoms with Crippen LogP contribution in [-0.4, -0.2) is 10.9 Å². The second kappa shape index (κ2) is 5.65. The second-order valence-electron chi connectivity index (χ2n) is 6.27. The topological polar surface area (TPSA) is 44.9 Å². The van der Waals surface area contributed by atoms with Crippen molar-refractivity contribution in [3.05, 3.63) is 64.8 Å². The summed E-state index contributed by atoms with van der Waals surface area (Å²) in [6.45, 7) is 0. The van der Waals surface area contributed by atoms with Gasteiger partial charge in [0.2, 0.25) is 0 Å². The van der Waals surface area contributed by atoms with Gasteiger partial charge in [0.1, 0.15) is 5.69 Å². The molecule has 0 radical (unpaired) electrons. The van der Waals surface area contributed by atoms with Crippen molar-refractivity contribution < 1.29 is 18.0 Å². The lowest BCUT2D eigenvalue weighted by atomic mass is 10.1. The van der Waals surface area contributed by atoms with Crippen LogP contribution < -0.4 is 5.32 Å². The molecule has 1 aliphatic carbocycles. The first kappa shape index (κ1) is 15.7. The molecule has 1 aliphatic rings. The molecule has 0 spiro atoms. The number of fused-ring (bicyclic) bond motifs is 2. The molecule has 25 heavy (non-hydrogen) atoms. The highest BCUT2D eigenvalue weighted by atomic mass is 19.4. The number of amides is 1. The number of aromatic nitrogens is 1. The summed E-state index contributed by atoms with van der Waals surface area (Å²) in [7, 11) is 0. The molecule has 0 unspecified atom stereocenters. The predicted molar refractivity (Wildman–Crippen MR) is 89.7 cm³/mol. The molecule has 0 saturated carbocycles. The van der Waals surface area contributed by atoms with Crippen LogP contribution in [0.3, 0.4) is 0 Å². The van der Waals surface area contributed by atoms with Gasteiger partial charge in [0.25, 0.3) is 5.91 Å². The fourth-order valence-electron chi connectivity index (χ4n) is 3.28. The van der Waals surface area contributed by atoms with Gasteiger partial charge in [-0.2, -0.15) is 13.2 Å². The van der Waals surface area contributed by atoms with Gasteiger partial charge in [-0.3, -0.25) is 4.79 Å². The van der Waals surface area contributed by atoms with E-state index in [-0.39, 0.29) is 5.91 Å². The number of carbonyl (C=O) groups is 1. The maximum Gasteiger partial charge on any atom is 0.431 e. The molecule has 1 heterocycles. The van der Waals surface area contributed by atoms with Crippen LogP contribution in [0, 0.1) is 0 Å². The monoisotopic (exact) mass is 344 g/mol. The minimum atomic E-state index is -4.42. The quantitative estimate of drug-likeness (QED) is 0.680. The fraction of sp³-hybridized carbons (Fsp3) is 0.211. The van der Waals surface area contributed by atoms with Crippen molar-refractivity contribution >= 4 is 22.5 Å². The minimum Gasteiger partial charge on any atom is -0.351 e. The summed E-state index contributed by atoms with van der Waals surface area (Å²) in [5.41, 5.74) is 3.08. The number of nitrogens with one attached hydrogen (secondary N) is 2. The highest BCUT2D eigenvalue weighted by Gasteiger charge is 2.32. The third-order valence-electron chi connectivity index (χ3n) is 4.54. The zero-order valence-corrected chi connectivity index (χ0v) is 13.2. The van der Waals surface area contributed by atoms with Crippen LogP contribution in [0.1, 0.15) is 33.6 Å². The highest BCUT2D eigenvalue weighted by Crippen LogP contribution is 2.32. The average Bonchev–Trinajstić information content (AvgIpc) is 3.19. The first-order chi connectivity index (χ1) is 11.9. The van der Waals surface area contributed by atoms with E-state index in [4.69, 9.17) is 0 Å². The largest absolute Gasteiger partial charge is 0.431 e. The Labute approximate surface area is 141 Å². The molecule has 0 bridgehead atoms. The number of carbonyl (C=O) groups excluding carboxylic acids is 1. The fourth-order valence-corrected chi connectivity index (χ4v) is 3.28. The molecule has 0 aliphatic heterocycles. The Morgan fingerprint density at radius 3 is 2.60 bits per heavy atom. The summed E-state index contributed by atoms with van der Waals surface area (Å²) in [5, 5.41) is 3.16. The molecule has 2 N–H and O–H groups in total. The van der Waals surface area contributed by atoms with Gasteiger partial charge in [-0.15, -0.1) is 0 Å². The van der Waals surface area contributed by atoms with Gasteiger partial charge in [0.15, 0.2) is 0 Å². The van der Waals surface area contributed by atoms with E-state index in [1.54, 1.807) is 12.1 Å². The van der Waals surface area contributed by atoms with Crippen molar-refractivity contribution in [2.75, 3.05) is 5.32 Å². The molecule has 128 valence electrons. The molecule has 0 atom stereocenters. The molecule has 3 aromatic rings. The zero-order valence-electron chi connectivity index (χ0n) is 13.2. The Hall–Kier alpha value is -2.76. The lowest BCUT2D eigenvalue weighted by Gasteiger charge is -2.07. The van der Waals surface area contributed by atoms with Gasteiger partial charge < -0.3 is 10.3 Å². The SMILES string of the molecule is O=C(Nc1ccc2[nH]c(C(F)(F)F)cc2c1)c1ccc2c(c1)CCC2. The molecule has 2 aromatic carbocycles. The Morgan fingerprint density at radius 1 is 1.00 bits per heavy atom. The number of benzene rings is 2. The normalized spacial score (nSPS) is 13.9. The molecule has 0 saturated heterocycles. The molecular weight excluding hydrogens is 329 g/mol. The maximum atomic E-state index is 12.8. The van der Waals surface area contributed by atoms with E-state index < -0.39 is 11.9 Å². The summed E-state index contributed by atoms with van der Waals surface area (Å²) in [4.78, 5) is 14.8. The molecular formula is C19H15F3N2O. The maximum absolute atomic E-state index is 12.8. The van der Waals surface area contributed by atoms with Gasteiger partial charge >= 0.3 is 6.18 Å². The van der Waals surface area contributed by atoms with E-state index in [0.29, 0.717) is 22.2 Å². The summed E-state index contributed by atoms with van der Waals surface area (Å²) >= 11 is 0. The van der Waals surface area contributed by atoms with Crippen molar-refractivity contribution in [1.82, 2.24) is 4.98 Å². The molecule has 0 fully saturated rings. The predicted octanol–water partition coefficient (Wildman–Crippen LogP) is 4.93. The van der Waals surface area contributed by atoms with Crippen LogP contribution in [0.5, 0.6) is 0 Å². The van der Waals surface area contributed by atoms with Crippen molar-refractivity contribution in [2.45, 2.75) is 25.4 Å². The Kier molecular flexibility index (Phi) is 3.56. The van der Waals surface area contributed by atoms with Gasteiger partial charge in [-0.1, -0.05) is 6.07 Å². The number of anilines is 1. The molecule has 1 amide bonds. The standard InChI is InChI=1S/C19H15F3N2O/c20-19(21,22)17-10-14-9-15(6-7-16(14)24-17)23-18(25)13-5-4-11-2-1-3-12(11)8-13/h4-10,24H,1-3H2,(H,23,25). The van der Waals surface area contributed by atoms with Crippen LogP contribution in [0.25, 0.3) is 10.9 Å². The van der Waals surface area contributed by atoms with Crippen LogP contribution >= 0.6 is 0 Å². The molecule has 3 nitrogen and oxygen atoms in total. The van der Waals surface area contributed by atoms with E-state index in [1.807, 2.05) is 12.1 Å². The minimum absolute atomic E-state index is 0.263. The van der Waals surface area contributed by atoms with Crippen LogP contribution in [0.4, 0.5) is 18.9 Å². The summed E-state index contributed by atoms with van der Waals surface area (Å²) < 4.78 is 38.3. The van der Waals surface area contributed by atoms with E-state index in [0.717, 1.165) is 25.3 Å². The van der Waals surface area contributed by atoms with E-state index in [9.17, 15) is 18.0 Å². The van der Waals surface area contributed by atoms with Crippen molar-refractivity contribution in [3.8, 4) is 0 Å². The summed E-state index contributed by atoms with van der Waals surface area (Å²) in [6, 6.07) is 11.4. The molecule has 1 aromatic heterocycles. The third-order valence-corrected chi connectivity index (χ3v) is 4.54. The lowest BCUT2D eigenvalue weighted by molar-refractivity contribution is -0.140. The number of halogens is 3. The van der Waals surface area contributed by atoms with Gasteiger partial charge in [-0.05, 0) is 66.8 Å². The number of hydrogen-bond acceptors (Lipinski definition) is 1. The number of hydrogen-bond donors (Lipinski definition) is 2. The van der Waals surface area contributed by atoms with Gasteiger partial charge in [0.05, 0.1) is 0 Å². The number of aryl methyl sites for hydroxylation is 2. The van der Waals surface area contributed by atoms with E-state index >= 15 is 0 Å². The Bertz CT molecular complexity index is 972. The number of rotatable bonds is 2. The van der Waals surface area contributed by atoms with Crippen LogP contribution in [0.15, 0.2) is 42.5 Å². The van der Waals surface area contributed by atoms with Gasteiger partial charge in [-0.25, -0.2) is 0 Å². The summed E-state index contributed by atoms with van der Waals surface area (Å²) in [6.07, 6.45) is -1.30. The smallest absolute Gasteiger partial charge is 0.351 e. The van der Waals surface area contributed by atoms with Crippen molar-refractivity contribution in [3.63, 3.8) is 0 Å². The van der Waals surface area contributed by atoms with Gasteiger partial charge in [0, 0.05) is 22.2 Å². The van der Waals surface area contributed by atoms with Crippen molar-refractivity contribution in [1.29, 1.82) is 0 Å². The molecule has 6 heteroatoms. The second-order valence-corrected chi connectivity index (χ2v) is 6.27. The van der Waals surface area contributed by atoms with Crippen LogP contribution in [0.2, 0.25) is 0 Å². The average molecular weight is 344 g/mol. The first-order valence-electron chi connectivity index (χ1n) is 8.03. The highest BCUT2D eigenvalue weighted by molar-refractivity contribution is 6.05. The van der Waals surface area contributed by atoms with Crippen molar-refractivity contribution in [2.24, 2.45) is 0 Å².